The molecule has 3 unspecified atom stereocenters. The summed E-state index contributed by atoms with van der Waals surface area (Å²) >= 11 is 0. The van der Waals surface area contributed by atoms with Gasteiger partial charge < -0.3 is 10.2 Å². The number of aliphatic hydroxyl groups is 2. The Kier molecular flexibility index (Phi) is 8.20. The minimum Gasteiger partial charge on any atom is -0.396 e. The summed E-state index contributed by atoms with van der Waals surface area (Å²) in [4.78, 5) is 0. The molecule has 0 amide bonds. The van der Waals surface area contributed by atoms with E-state index < -0.39 is 0 Å². The molecule has 2 N–H and O–H groups in total. The first-order valence-corrected chi connectivity index (χ1v) is 5.92. The Morgan fingerprint density at radius 1 is 1.07 bits per heavy atom. The van der Waals surface area contributed by atoms with E-state index in [0.29, 0.717) is 12.3 Å². The zero-order chi connectivity index (χ0) is 11.0. The van der Waals surface area contributed by atoms with Gasteiger partial charge in [0.1, 0.15) is 0 Å². The molecule has 86 valence electrons. The van der Waals surface area contributed by atoms with E-state index in [9.17, 15) is 5.11 Å². The van der Waals surface area contributed by atoms with Crippen LogP contribution in [-0.2, 0) is 0 Å². The summed E-state index contributed by atoms with van der Waals surface area (Å²) in [5.74, 6) is 1.37. The molecular formula is C12H26O2. The molecule has 0 aromatic heterocycles. The summed E-state index contributed by atoms with van der Waals surface area (Å²) in [6.45, 7) is 6.75. The van der Waals surface area contributed by atoms with Crippen LogP contribution in [0.5, 0.6) is 0 Å². The molecule has 0 rings (SSSR count). The van der Waals surface area contributed by atoms with Crippen LogP contribution in [0.2, 0.25) is 0 Å². The molecule has 0 aromatic rings. The Hall–Kier alpha value is -0.0800. The van der Waals surface area contributed by atoms with Gasteiger partial charge in [-0.15, -0.1) is 0 Å². The zero-order valence-corrected chi connectivity index (χ0v) is 9.87. The topological polar surface area (TPSA) is 40.5 Å². The third-order valence-corrected chi connectivity index (χ3v) is 3.08. The van der Waals surface area contributed by atoms with E-state index >= 15 is 0 Å². The van der Waals surface area contributed by atoms with E-state index in [4.69, 9.17) is 5.11 Å². The maximum Gasteiger partial charge on any atom is 0.0564 e. The van der Waals surface area contributed by atoms with Crippen molar-refractivity contribution in [3.8, 4) is 0 Å². The molecule has 0 saturated heterocycles. The van der Waals surface area contributed by atoms with Crippen LogP contribution < -0.4 is 0 Å². The molecule has 0 bridgehead atoms. The third kappa shape index (κ3) is 6.39. The number of aliphatic hydroxyl groups excluding tert-OH is 2. The van der Waals surface area contributed by atoms with Gasteiger partial charge >= 0.3 is 0 Å². The van der Waals surface area contributed by atoms with Crippen LogP contribution in [-0.4, -0.2) is 22.9 Å². The first-order chi connectivity index (χ1) is 6.63. The van der Waals surface area contributed by atoms with Crippen LogP contribution in [0, 0.1) is 11.8 Å². The molecule has 0 heterocycles. The van der Waals surface area contributed by atoms with Gasteiger partial charge in [-0.2, -0.15) is 0 Å². The highest BCUT2D eigenvalue weighted by molar-refractivity contribution is 4.66. The van der Waals surface area contributed by atoms with Crippen molar-refractivity contribution in [3.05, 3.63) is 0 Å². The van der Waals surface area contributed by atoms with Crippen molar-refractivity contribution in [2.24, 2.45) is 11.8 Å². The minimum atomic E-state index is -0.311. The predicted molar refractivity (Wildman–Crippen MR) is 60.2 cm³/mol. The zero-order valence-electron chi connectivity index (χ0n) is 9.87. The highest BCUT2D eigenvalue weighted by atomic mass is 16.3. The molecule has 0 fully saturated rings. The molecule has 2 nitrogen and oxygen atoms in total. The van der Waals surface area contributed by atoms with Crippen molar-refractivity contribution in [1.29, 1.82) is 0 Å². The quantitative estimate of drug-likeness (QED) is 0.635. The molecule has 2 heteroatoms. The molecule has 0 aliphatic rings. The van der Waals surface area contributed by atoms with Gasteiger partial charge in [-0.25, -0.2) is 0 Å². The standard InChI is InChI=1S/C12H26O2/c1-4-10(3)8-11(5-2)9-12(14)6-7-13/h10-14H,4-9H2,1-3H3. The lowest BCUT2D eigenvalue weighted by atomic mass is 9.87. The SMILES string of the molecule is CCC(C)CC(CC)CC(O)CCO. The highest BCUT2D eigenvalue weighted by Gasteiger charge is 2.14. The summed E-state index contributed by atoms with van der Waals surface area (Å²) in [6, 6.07) is 0. The molecule has 3 atom stereocenters. The predicted octanol–water partition coefficient (Wildman–Crippen LogP) is 2.58. The van der Waals surface area contributed by atoms with Crippen LogP contribution in [0.1, 0.15) is 52.9 Å². The first-order valence-electron chi connectivity index (χ1n) is 5.92. The molecule has 0 aromatic carbocycles. The Morgan fingerprint density at radius 3 is 2.14 bits per heavy atom. The maximum absolute atomic E-state index is 9.58. The Bertz CT molecular complexity index is 125. The second-order valence-corrected chi connectivity index (χ2v) is 4.43. The van der Waals surface area contributed by atoms with Gasteiger partial charge in [0.2, 0.25) is 0 Å². The largest absolute Gasteiger partial charge is 0.396 e. The van der Waals surface area contributed by atoms with Crippen molar-refractivity contribution in [2.75, 3.05) is 6.61 Å². The van der Waals surface area contributed by atoms with Crippen molar-refractivity contribution < 1.29 is 10.2 Å². The van der Waals surface area contributed by atoms with Crippen LogP contribution in [0.3, 0.4) is 0 Å². The van der Waals surface area contributed by atoms with Gasteiger partial charge in [-0.3, -0.25) is 0 Å². The molecule has 0 aliphatic heterocycles. The fourth-order valence-corrected chi connectivity index (χ4v) is 1.82. The lowest BCUT2D eigenvalue weighted by molar-refractivity contribution is 0.102. The monoisotopic (exact) mass is 202 g/mol. The van der Waals surface area contributed by atoms with E-state index in [-0.39, 0.29) is 12.7 Å². The van der Waals surface area contributed by atoms with E-state index in [1.807, 2.05) is 0 Å². The van der Waals surface area contributed by atoms with E-state index in [0.717, 1.165) is 18.8 Å². The fraction of sp³-hybridized carbons (Fsp3) is 1.00. The average Bonchev–Trinajstić information content (AvgIpc) is 2.16. The van der Waals surface area contributed by atoms with Gasteiger partial charge in [0.05, 0.1) is 6.10 Å². The van der Waals surface area contributed by atoms with E-state index in [1.165, 1.54) is 12.8 Å². The Labute approximate surface area is 88.3 Å². The maximum atomic E-state index is 9.58. The molecule has 0 aliphatic carbocycles. The molecule has 0 spiro atoms. The fourth-order valence-electron chi connectivity index (χ4n) is 1.82. The van der Waals surface area contributed by atoms with Crippen molar-refractivity contribution in [3.63, 3.8) is 0 Å². The molecule has 14 heavy (non-hydrogen) atoms. The molecular weight excluding hydrogens is 176 g/mol. The summed E-state index contributed by atoms with van der Waals surface area (Å²) in [7, 11) is 0. The normalized spacial score (nSPS) is 17.8. The summed E-state index contributed by atoms with van der Waals surface area (Å²) < 4.78 is 0. The first kappa shape index (κ1) is 13.9. The minimum absolute atomic E-state index is 0.0981. The smallest absolute Gasteiger partial charge is 0.0564 e. The van der Waals surface area contributed by atoms with Crippen LogP contribution in [0.15, 0.2) is 0 Å². The van der Waals surface area contributed by atoms with Crippen molar-refractivity contribution in [2.45, 2.75) is 59.0 Å². The van der Waals surface area contributed by atoms with Gasteiger partial charge in [-0.1, -0.05) is 33.6 Å². The number of rotatable bonds is 8. The highest BCUT2D eigenvalue weighted by Crippen LogP contribution is 2.23. The lowest BCUT2D eigenvalue weighted by Gasteiger charge is -2.21. The number of hydrogen-bond acceptors (Lipinski definition) is 2. The summed E-state index contributed by atoms with van der Waals surface area (Å²) in [5, 5.41) is 18.3. The van der Waals surface area contributed by atoms with Gasteiger partial charge in [-0.05, 0) is 31.1 Å². The lowest BCUT2D eigenvalue weighted by Crippen LogP contribution is -2.16. The second-order valence-electron chi connectivity index (χ2n) is 4.43. The van der Waals surface area contributed by atoms with E-state index in [2.05, 4.69) is 20.8 Å². The van der Waals surface area contributed by atoms with E-state index in [1.54, 1.807) is 0 Å². The summed E-state index contributed by atoms with van der Waals surface area (Å²) in [5.41, 5.74) is 0. The second kappa shape index (κ2) is 8.25. The third-order valence-electron chi connectivity index (χ3n) is 3.08. The molecule has 0 radical (unpaired) electrons. The van der Waals surface area contributed by atoms with Crippen LogP contribution >= 0.6 is 0 Å². The number of hydrogen-bond donors (Lipinski definition) is 2. The Morgan fingerprint density at radius 2 is 1.71 bits per heavy atom. The summed E-state index contributed by atoms with van der Waals surface area (Å²) in [6.07, 6.45) is 4.61. The van der Waals surface area contributed by atoms with Crippen molar-refractivity contribution in [1.82, 2.24) is 0 Å². The van der Waals surface area contributed by atoms with Crippen LogP contribution in [0.25, 0.3) is 0 Å². The Balaban J connectivity index is 3.77. The van der Waals surface area contributed by atoms with Gasteiger partial charge in [0, 0.05) is 6.61 Å². The van der Waals surface area contributed by atoms with Gasteiger partial charge in [0.25, 0.3) is 0 Å². The van der Waals surface area contributed by atoms with Crippen molar-refractivity contribution >= 4 is 0 Å². The molecule has 0 saturated carbocycles. The van der Waals surface area contributed by atoms with Gasteiger partial charge in [0.15, 0.2) is 0 Å². The van der Waals surface area contributed by atoms with Crippen LogP contribution in [0.4, 0.5) is 0 Å². The average molecular weight is 202 g/mol.